The number of halogens is 2. The Morgan fingerprint density at radius 2 is 1.82 bits per heavy atom. The third kappa shape index (κ3) is 3.98. The van der Waals surface area contributed by atoms with Crippen LogP contribution in [0.25, 0.3) is 5.69 Å². The summed E-state index contributed by atoms with van der Waals surface area (Å²) < 4.78 is 3.26. The van der Waals surface area contributed by atoms with Crippen LogP contribution in [-0.2, 0) is 0 Å². The fourth-order valence-corrected chi connectivity index (χ4v) is 5.46. The zero-order valence-corrected chi connectivity index (χ0v) is 21.7. The summed E-state index contributed by atoms with van der Waals surface area (Å²) in [6.45, 7) is 4.20. The minimum Gasteiger partial charge on any atom is -0.506 e. The number of benzene rings is 2. The van der Waals surface area contributed by atoms with Crippen molar-refractivity contribution in [1.82, 2.24) is 14.9 Å². The van der Waals surface area contributed by atoms with Crippen LogP contribution in [0.3, 0.4) is 0 Å². The van der Waals surface area contributed by atoms with Gasteiger partial charge < -0.3 is 19.9 Å². The van der Waals surface area contributed by atoms with Crippen LogP contribution in [0, 0.1) is 13.8 Å². The number of aromatic hydroxyl groups is 1. The van der Waals surface area contributed by atoms with Crippen LogP contribution in [0.4, 0.5) is 5.69 Å². The Morgan fingerprint density at radius 3 is 2.53 bits per heavy atom. The Kier molecular flexibility index (Phi) is 6.10. The normalized spacial score (nSPS) is 17.8. The molecule has 0 spiro atoms. The molecule has 1 fully saturated rings. The van der Waals surface area contributed by atoms with Crippen molar-refractivity contribution < 1.29 is 5.11 Å². The van der Waals surface area contributed by atoms with Gasteiger partial charge in [0.25, 0.3) is 0 Å². The van der Waals surface area contributed by atoms with Crippen molar-refractivity contribution in [3.05, 3.63) is 105 Å². The summed E-state index contributed by atoms with van der Waals surface area (Å²) in [5, 5.41) is 15.2. The Morgan fingerprint density at radius 1 is 1.06 bits per heavy atom. The third-order valence-electron chi connectivity index (χ3n) is 6.17. The average molecular weight is 554 g/mol. The number of nitrogens with zero attached hydrogens (tertiary/aromatic N) is 3. The van der Waals surface area contributed by atoms with E-state index < -0.39 is 0 Å². The van der Waals surface area contributed by atoms with E-state index in [1.165, 1.54) is 0 Å². The van der Waals surface area contributed by atoms with Crippen molar-refractivity contribution in [3.63, 3.8) is 0 Å². The second-order valence-corrected chi connectivity index (χ2v) is 10.0. The predicted molar refractivity (Wildman–Crippen MR) is 144 cm³/mol. The minimum absolute atomic E-state index is 0.113. The molecule has 1 aliphatic heterocycles. The fourth-order valence-electron chi connectivity index (χ4n) is 4.69. The number of pyridine rings is 1. The molecule has 172 valence electrons. The molecule has 0 amide bonds. The Bertz CT molecular complexity index is 1370. The van der Waals surface area contributed by atoms with Gasteiger partial charge in [-0.2, -0.15) is 0 Å². The van der Waals surface area contributed by atoms with Gasteiger partial charge in [0.2, 0.25) is 0 Å². The smallest absolute Gasteiger partial charge is 0.174 e. The van der Waals surface area contributed by atoms with Gasteiger partial charge >= 0.3 is 0 Å². The maximum atomic E-state index is 10.8. The molecule has 2 atom stereocenters. The van der Waals surface area contributed by atoms with Gasteiger partial charge in [0.15, 0.2) is 5.11 Å². The monoisotopic (exact) mass is 552 g/mol. The molecule has 4 aromatic rings. The van der Waals surface area contributed by atoms with Gasteiger partial charge in [-0.3, -0.25) is 4.98 Å². The molecule has 2 N–H and O–H groups in total. The number of anilines is 1. The highest BCUT2D eigenvalue weighted by molar-refractivity contribution is 9.10. The number of hydrogen-bond acceptors (Lipinski definition) is 3. The van der Waals surface area contributed by atoms with Gasteiger partial charge in [0.1, 0.15) is 5.75 Å². The van der Waals surface area contributed by atoms with Crippen LogP contribution < -0.4 is 10.2 Å². The van der Waals surface area contributed by atoms with Crippen LogP contribution in [0.5, 0.6) is 5.75 Å². The third-order valence-corrected chi connectivity index (χ3v) is 7.25. The van der Waals surface area contributed by atoms with Gasteiger partial charge in [-0.25, -0.2) is 0 Å². The molecule has 0 aliphatic carbocycles. The highest BCUT2D eigenvalue weighted by Gasteiger charge is 2.43. The summed E-state index contributed by atoms with van der Waals surface area (Å²) >= 11 is 15.6. The van der Waals surface area contributed by atoms with Crippen LogP contribution >= 0.6 is 39.7 Å². The molecule has 5 rings (SSSR count). The first kappa shape index (κ1) is 22.9. The SMILES string of the molecule is Cc1cc([C@H]2[C@H](c3ccccn3)NC(=S)N2c2cc(Cl)ccc2O)c(C)n1-c1ccc(Br)cc1. The summed E-state index contributed by atoms with van der Waals surface area (Å²) in [6.07, 6.45) is 1.78. The number of phenols is 1. The van der Waals surface area contributed by atoms with E-state index in [2.05, 4.69) is 62.8 Å². The first-order valence-corrected chi connectivity index (χ1v) is 12.4. The highest BCUT2D eigenvalue weighted by Crippen LogP contribution is 2.46. The van der Waals surface area contributed by atoms with E-state index in [0.717, 1.165) is 32.8 Å². The molecule has 5 nitrogen and oxygen atoms in total. The lowest BCUT2D eigenvalue weighted by Crippen LogP contribution is -2.29. The summed E-state index contributed by atoms with van der Waals surface area (Å²) in [7, 11) is 0. The first-order valence-electron chi connectivity index (χ1n) is 10.8. The number of rotatable bonds is 4. The lowest BCUT2D eigenvalue weighted by atomic mass is 9.96. The van der Waals surface area contributed by atoms with E-state index in [1.807, 2.05) is 35.2 Å². The second-order valence-electron chi connectivity index (χ2n) is 8.27. The molecule has 2 aromatic carbocycles. The summed E-state index contributed by atoms with van der Waals surface area (Å²) in [4.78, 5) is 6.56. The van der Waals surface area contributed by atoms with E-state index in [4.69, 9.17) is 23.8 Å². The number of aryl methyl sites for hydroxylation is 1. The van der Waals surface area contributed by atoms with Gasteiger partial charge in [0.05, 0.1) is 23.5 Å². The summed E-state index contributed by atoms with van der Waals surface area (Å²) in [5.41, 5.74) is 5.77. The van der Waals surface area contributed by atoms with E-state index in [1.54, 1.807) is 24.4 Å². The van der Waals surface area contributed by atoms with Crippen molar-refractivity contribution in [1.29, 1.82) is 0 Å². The average Bonchev–Trinajstić information content (AvgIpc) is 3.32. The number of phenolic OH excluding ortho intramolecular Hbond substituents is 1. The molecule has 34 heavy (non-hydrogen) atoms. The lowest BCUT2D eigenvalue weighted by Gasteiger charge is -2.28. The molecule has 1 saturated heterocycles. The molecular weight excluding hydrogens is 532 g/mol. The standard InChI is InChI=1S/C26H22BrClN4OS/c1-15-13-20(16(2)31(15)19-9-6-17(27)7-10-19)25-24(21-5-3-4-12-29-21)30-26(34)32(25)22-14-18(28)8-11-23(22)33/h3-14,24-25,33H,1-2H3,(H,30,34)/t24-,25-/m0/s1. The summed E-state index contributed by atoms with van der Waals surface area (Å²) in [6, 6.07) is 20.8. The van der Waals surface area contributed by atoms with Crippen molar-refractivity contribution >= 4 is 50.5 Å². The van der Waals surface area contributed by atoms with Crippen molar-refractivity contribution in [3.8, 4) is 11.4 Å². The van der Waals surface area contributed by atoms with Gasteiger partial charge in [-0.1, -0.05) is 33.6 Å². The molecule has 1 aliphatic rings. The molecule has 0 radical (unpaired) electrons. The fraction of sp³-hybridized carbons (Fsp3) is 0.154. The molecule has 0 saturated carbocycles. The largest absolute Gasteiger partial charge is 0.506 e. The van der Waals surface area contributed by atoms with Crippen molar-refractivity contribution in [2.24, 2.45) is 0 Å². The van der Waals surface area contributed by atoms with E-state index >= 15 is 0 Å². The van der Waals surface area contributed by atoms with E-state index in [-0.39, 0.29) is 17.8 Å². The van der Waals surface area contributed by atoms with Crippen LogP contribution in [0.15, 0.2) is 77.4 Å². The maximum absolute atomic E-state index is 10.8. The van der Waals surface area contributed by atoms with E-state index in [0.29, 0.717) is 15.8 Å². The molecule has 0 unspecified atom stereocenters. The summed E-state index contributed by atoms with van der Waals surface area (Å²) in [5.74, 6) is 0.113. The van der Waals surface area contributed by atoms with Gasteiger partial charge in [-0.05, 0) is 92.3 Å². The Labute approximate surface area is 217 Å². The number of hydrogen-bond donors (Lipinski definition) is 2. The Hall–Kier alpha value is -2.87. The molecule has 2 aromatic heterocycles. The van der Waals surface area contributed by atoms with Gasteiger partial charge in [0, 0.05) is 32.8 Å². The quantitative estimate of drug-likeness (QED) is 0.273. The number of nitrogens with one attached hydrogen (secondary N) is 1. The highest BCUT2D eigenvalue weighted by atomic mass is 79.9. The lowest BCUT2D eigenvalue weighted by molar-refractivity contribution is 0.472. The topological polar surface area (TPSA) is 53.3 Å². The van der Waals surface area contributed by atoms with Crippen LogP contribution in [0.2, 0.25) is 5.02 Å². The molecule has 3 heterocycles. The van der Waals surface area contributed by atoms with Crippen molar-refractivity contribution in [2.75, 3.05) is 4.90 Å². The number of aromatic nitrogens is 2. The second kappa shape index (κ2) is 9.06. The van der Waals surface area contributed by atoms with Crippen molar-refractivity contribution in [2.45, 2.75) is 25.9 Å². The van der Waals surface area contributed by atoms with Crippen LogP contribution in [-0.4, -0.2) is 19.8 Å². The first-order chi connectivity index (χ1) is 16.3. The zero-order valence-electron chi connectivity index (χ0n) is 18.5. The number of thiocarbonyl (C=S) groups is 1. The Balaban J connectivity index is 1.70. The minimum atomic E-state index is -0.248. The molecule has 8 heteroatoms. The zero-order chi connectivity index (χ0) is 24.0. The van der Waals surface area contributed by atoms with Crippen LogP contribution in [0.1, 0.15) is 34.7 Å². The molecule has 0 bridgehead atoms. The van der Waals surface area contributed by atoms with Gasteiger partial charge in [-0.15, -0.1) is 0 Å². The maximum Gasteiger partial charge on any atom is 0.174 e. The van der Waals surface area contributed by atoms with E-state index in [9.17, 15) is 5.11 Å². The predicted octanol–water partition coefficient (Wildman–Crippen LogP) is 6.79. The molecular formula is C26H22BrClN4OS.